The zero-order valence-electron chi connectivity index (χ0n) is 12.3. The average Bonchev–Trinajstić information content (AvgIpc) is 2.92. The number of amides is 2. The van der Waals surface area contributed by atoms with Crippen LogP contribution in [0.5, 0.6) is 0 Å². The van der Waals surface area contributed by atoms with Gasteiger partial charge in [0.1, 0.15) is 0 Å². The van der Waals surface area contributed by atoms with E-state index in [-0.39, 0.29) is 18.1 Å². The Hall–Kier alpha value is -1.11. The van der Waals surface area contributed by atoms with Gasteiger partial charge in [0, 0.05) is 13.1 Å². The minimum atomic E-state index is 0.00267. The quantitative estimate of drug-likeness (QED) is 0.921. The number of morpholine rings is 1. The van der Waals surface area contributed by atoms with Crippen LogP contribution in [0.4, 0.5) is 4.79 Å². The summed E-state index contributed by atoms with van der Waals surface area (Å²) in [4.78, 5) is 16.2. The summed E-state index contributed by atoms with van der Waals surface area (Å²) in [7, 11) is 4.07. The number of thiophene rings is 1. The third-order valence-electron chi connectivity index (χ3n) is 3.63. The Bertz CT molecular complexity index is 422. The van der Waals surface area contributed by atoms with Gasteiger partial charge in [-0.25, -0.2) is 4.79 Å². The Morgan fingerprint density at radius 2 is 2.45 bits per heavy atom. The summed E-state index contributed by atoms with van der Waals surface area (Å²) >= 11 is 1.68. The van der Waals surface area contributed by atoms with Crippen LogP contribution in [0.2, 0.25) is 0 Å². The molecule has 0 radical (unpaired) electrons. The highest BCUT2D eigenvalue weighted by Crippen LogP contribution is 2.20. The largest absolute Gasteiger partial charge is 0.377 e. The second kappa shape index (κ2) is 7.06. The van der Waals surface area contributed by atoms with Crippen molar-refractivity contribution in [2.75, 3.05) is 40.4 Å². The van der Waals surface area contributed by atoms with Gasteiger partial charge in [-0.1, -0.05) is 0 Å². The van der Waals surface area contributed by atoms with Gasteiger partial charge in [0.2, 0.25) is 0 Å². The van der Waals surface area contributed by atoms with Gasteiger partial charge in [-0.05, 0) is 43.4 Å². The van der Waals surface area contributed by atoms with Gasteiger partial charge in [0.15, 0.2) is 0 Å². The van der Waals surface area contributed by atoms with Crippen LogP contribution in [-0.2, 0) is 4.74 Å². The fraction of sp³-hybridized carbons (Fsp3) is 0.643. The van der Waals surface area contributed by atoms with E-state index in [1.165, 1.54) is 5.56 Å². The van der Waals surface area contributed by atoms with Crippen molar-refractivity contribution in [1.29, 1.82) is 0 Å². The van der Waals surface area contributed by atoms with E-state index >= 15 is 0 Å². The average molecular weight is 297 g/mol. The first-order valence-corrected chi connectivity index (χ1v) is 7.84. The Morgan fingerprint density at radius 1 is 1.65 bits per heavy atom. The fourth-order valence-corrected chi connectivity index (χ4v) is 3.08. The molecule has 0 aliphatic carbocycles. The number of rotatable bonds is 4. The van der Waals surface area contributed by atoms with Crippen molar-refractivity contribution in [1.82, 2.24) is 15.1 Å². The Balaban J connectivity index is 1.90. The number of carbonyl (C=O) groups is 1. The molecule has 0 spiro atoms. The molecule has 0 saturated carbocycles. The van der Waals surface area contributed by atoms with E-state index in [1.54, 1.807) is 11.3 Å². The molecule has 2 atom stereocenters. The highest BCUT2D eigenvalue weighted by Gasteiger charge is 2.24. The van der Waals surface area contributed by atoms with Gasteiger partial charge in [0.05, 0.1) is 25.3 Å². The van der Waals surface area contributed by atoms with Gasteiger partial charge in [-0.3, -0.25) is 0 Å². The number of carbonyl (C=O) groups excluding carboxylic acids is 1. The second-order valence-corrected chi connectivity index (χ2v) is 6.12. The Kier molecular flexibility index (Phi) is 5.39. The smallest absolute Gasteiger partial charge is 0.317 e. The van der Waals surface area contributed by atoms with Crippen LogP contribution in [0.25, 0.3) is 0 Å². The van der Waals surface area contributed by atoms with E-state index < -0.39 is 0 Å². The molecule has 0 unspecified atom stereocenters. The van der Waals surface area contributed by atoms with E-state index in [1.807, 2.05) is 25.9 Å². The molecule has 6 heteroatoms. The van der Waals surface area contributed by atoms with Gasteiger partial charge < -0.3 is 19.9 Å². The molecule has 1 aromatic heterocycles. The summed E-state index contributed by atoms with van der Waals surface area (Å²) < 4.78 is 5.36. The third-order valence-corrected chi connectivity index (χ3v) is 4.33. The first kappa shape index (κ1) is 15.3. The first-order chi connectivity index (χ1) is 9.59. The molecule has 5 nitrogen and oxygen atoms in total. The minimum Gasteiger partial charge on any atom is -0.377 e. The van der Waals surface area contributed by atoms with Gasteiger partial charge in [-0.15, -0.1) is 0 Å². The monoisotopic (exact) mass is 297 g/mol. The van der Waals surface area contributed by atoms with Crippen LogP contribution in [0.15, 0.2) is 16.8 Å². The van der Waals surface area contributed by atoms with E-state index in [0.29, 0.717) is 26.3 Å². The summed E-state index contributed by atoms with van der Waals surface area (Å²) in [5.74, 6) is 0. The molecular formula is C14H23N3O2S. The number of nitrogens with one attached hydrogen (secondary N) is 1. The summed E-state index contributed by atoms with van der Waals surface area (Å²) in [6, 6.07) is 2.46. The molecular weight excluding hydrogens is 274 g/mol. The van der Waals surface area contributed by atoms with Crippen molar-refractivity contribution < 1.29 is 9.53 Å². The highest BCUT2D eigenvalue weighted by atomic mass is 32.1. The lowest BCUT2D eigenvalue weighted by atomic mass is 10.1. The van der Waals surface area contributed by atoms with E-state index in [0.717, 1.165) is 0 Å². The van der Waals surface area contributed by atoms with Crippen molar-refractivity contribution >= 4 is 17.4 Å². The summed E-state index contributed by atoms with van der Waals surface area (Å²) in [5, 5.41) is 7.25. The zero-order valence-corrected chi connectivity index (χ0v) is 13.2. The predicted molar refractivity (Wildman–Crippen MR) is 81.1 cm³/mol. The Labute approximate surface area is 124 Å². The number of urea groups is 1. The maximum Gasteiger partial charge on any atom is 0.317 e. The first-order valence-electron chi connectivity index (χ1n) is 6.90. The summed E-state index contributed by atoms with van der Waals surface area (Å²) in [6.45, 7) is 4.54. The van der Waals surface area contributed by atoms with Crippen molar-refractivity contribution in [3.05, 3.63) is 22.4 Å². The molecule has 1 N–H and O–H groups in total. The Morgan fingerprint density at radius 3 is 3.05 bits per heavy atom. The molecule has 0 bridgehead atoms. The van der Waals surface area contributed by atoms with Gasteiger partial charge in [-0.2, -0.15) is 11.3 Å². The molecule has 1 saturated heterocycles. The summed E-state index contributed by atoms with van der Waals surface area (Å²) in [5.41, 5.74) is 1.25. The highest BCUT2D eigenvalue weighted by molar-refractivity contribution is 7.07. The van der Waals surface area contributed by atoms with Crippen molar-refractivity contribution in [3.63, 3.8) is 0 Å². The lowest BCUT2D eigenvalue weighted by Crippen LogP contribution is -2.52. The molecule has 1 aliphatic heterocycles. The molecule has 1 fully saturated rings. The number of hydrogen-bond donors (Lipinski definition) is 1. The fourth-order valence-electron chi connectivity index (χ4n) is 2.38. The van der Waals surface area contributed by atoms with Crippen LogP contribution in [0, 0.1) is 0 Å². The van der Waals surface area contributed by atoms with E-state index in [4.69, 9.17) is 4.74 Å². The molecule has 2 rings (SSSR count). The van der Waals surface area contributed by atoms with Crippen molar-refractivity contribution in [2.24, 2.45) is 0 Å². The van der Waals surface area contributed by atoms with E-state index in [2.05, 4.69) is 27.0 Å². The number of likely N-dealkylation sites (N-methyl/N-ethyl adjacent to an activating group) is 1. The topological polar surface area (TPSA) is 44.8 Å². The summed E-state index contributed by atoms with van der Waals surface area (Å²) in [6.07, 6.45) is 0. The minimum absolute atomic E-state index is 0.00267. The molecule has 112 valence electrons. The second-order valence-electron chi connectivity index (χ2n) is 5.34. The number of nitrogens with zero attached hydrogens (tertiary/aromatic N) is 2. The molecule has 0 aromatic carbocycles. The molecule has 2 heterocycles. The predicted octanol–water partition coefficient (Wildman–Crippen LogP) is 1.78. The lowest BCUT2D eigenvalue weighted by Gasteiger charge is -2.34. The number of ether oxygens (including phenoxy) is 1. The third kappa shape index (κ3) is 3.71. The van der Waals surface area contributed by atoms with Crippen molar-refractivity contribution in [2.45, 2.75) is 19.0 Å². The van der Waals surface area contributed by atoms with Crippen LogP contribution < -0.4 is 5.32 Å². The van der Waals surface area contributed by atoms with Crippen LogP contribution in [-0.4, -0.2) is 62.3 Å². The SMILES string of the molecule is C[C@H]1COCCN1C(=O)NC[C@@H](c1ccsc1)N(C)C. The van der Waals surface area contributed by atoms with Crippen LogP contribution in [0.3, 0.4) is 0 Å². The standard InChI is InChI=1S/C14H23N3O2S/c1-11-9-19-6-5-17(11)14(18)15-8-13(16(2)3)12-4-7-20-10-12/h4,7,10-11,13H,5-6,8-9H2,1-3H3,(H,15,18)/t11-,13-/m0/s1. The van der Waals surface area contributed by atoms with Crippen LogP contribution >= 0.6 is 11.3 Å². The van der Waals surface area contributed by atoms with Crippen molar-refractivity contribution in [3.8, 4) is 0 Å². The molecule has 2 amide bonds. The lowest BCUT2D eigenvalue weighted by molar-refractivity contribution is 0.0187. The maximum atomic E-state index is 12.2. The molecule has 1 aliphatic rings. The zero-order chi connectivity index (χ0) is 14.5. The molecule has 20 heavy (non-hydrogen) atoms. The van der Waals surface area contributed by atoms with Crippen LogP contribution in [0.1, 0.15) is 18.5 Å². The maximum absolute atomic E-state index is 12.2. The van der Waals surface area contributed by atoms with Gasteiger partial charge in [0.25, 0.3) is 0 Å². The van der Waals surface area contributed by atoms with E-state index in [9.17, 15) is 4.79 Å². The molecule has 1 aromatic rings. The number of hydrogen-bond acceptors (Lipinski definition) is 4. The normalized spacial score (nSPS) is 21.0. The van der Waals surface area contributed by atoms with Gasteiger partial charge >= 0.3 is 6.03 Å².